The van der Waals surface area contributed by atoms with E-state index in [1.54, 1.807) is 6.07 Å². The average molecular weight is 341 g/mol. The van der Waals surface area contributed by atoms with E-state index in [1.807, 2.05) is 6.07 Å². The Kier molecular flexibility index (Phi) is 4.66. The lowest BCUT2D eigenvalue weighted by molar-refractivity contribution is 0.00497. The van der Waals surface area contributed by atoms with E-state index in [0.717, 1.165) is 25.7 Å². The summed E-state index contributed by atoms with van der Waals surface area (Å²) < 4.78 is 14.2. The molecule has 20 heavy (non-hydrogen) atoms. The topological polar surface area (TPSA) is 56.0 Å². The smallest absolute Gasteiger partial charge is 0.161 e. The first-order valence-corrected chi connectivity index (χ1v) is 7.59. The summed E-state index contributed by atoms with van der Waals surface area (Å²) in [5.74, 6) is 0.160. The van der Waals surface area contributed by atoms with Crippen LogP contribution in [0.2, 0.25) is 0 Å². The molecule has 1 aliphatic rings. The molecule has 3 nitrogen and oxygen atoms in total. The zero-order valence-corrected chi connectivity index (χ0v) is 13.0. The Labute approximate surface area is 126 Å². The van der Waals surface area contributed by atoms with Crippen molar-refractivity contribution in [2.45, 2.75) is 38.2 Å². The molecule has 0 atom stereocenters. The molecule has 0 unspecified atom stereocenters. The van der Waals surface area contributed by atoms with Crippen LogP contribution in [0, 0.1) is 23.1 Å². The number of anilines is 1. The number of halogens is 2. The molecule has 0 aromatic heterocycles. The normalized spacial score (nSPS) is 26.1. The summed E-state index contributed by atoms with van der Waals surface area (Å²) in [4.78, 5) is 0. The van der Waals surface area contributed by atoms with Crippen LogP contribution < -0.4 is 5.32 Å². The molecule has 0 spiro atoms. The van der Waals surface area contributed by atoms with Crippen LogP contribution in [-0.4, -0.2) is 17.3 Å². The number of nitriles is 1. The molecule has 1 saturated carbocycles. The van der Waals surface area contributed by atoms with Crippen LogP contribution >= 0.6 is 15.9 Å². The molecule has 0 radical (unpaired) electrons. The van der Waals surface area contributed by atoms with Gasteiger partial charge in [0.05, 0.1) is 21.3 Å². The SMILES string of the molecule is CC1CCC(O)(CNc2ccc(C#N)c(Br)c2F)CC1. The van der Waals surface area contributed by atoms with Crippen LogP contribution in [0.15, 0.2) is 16.6 Å². The van der Waals surface area contributed by atoms with Gasteiger partial charge in [0, 0.05) is 6.54 Å². The first kappa shape index (κ1) is 15.3. The van der Waals surface area contributed by atoms with E-state index in [4.69, 9.17) is 5.26 Å². The van der Waals surface area contributed by atoms with Crippen LogP contribution in [-0.2, 0) is 0 Å². The van der Waals surface area contributed by atoms with E-state index in [1.165, 1.54) is 6.07 Å². The summed E-state index contributed by atoms with van der Waals surface area (Å²) in [7, 11) is 0. The van der Waals surface area contributed by atoms with Gasteiger partial charge in [0.2, 0.25) is 0 Å². The number of hydrogen-bond donors (Lipinski definition) is 2. The molecule has 2 N–H and O–H groups in total. The van der Waals surface area contributed by atoms with E-state index in [0.29, 0.717) is 18.2 Å². The molecular weight excluding hydrogens is 323 g/mol. The van der Waals surface area contributed by atoms with Gasteiger partial charge in [-0.15, -0.1) is 0 Å². The Morgan fingerprint density at radius 1 is 1.50 bits per heavy atom. The minimum absolute atomic E-state index is 0.161. The van der Waals surface area contributed by atoms with Crippen LogP contribution in [0.3, 0.4) is 0 Å². The first-order chi connectivity index (χ1) is 9.45. The molecule has 5 heteroatoms. The fraction of sp³-hybridized carbons (Fsp3) is 0.533. The average Bonchev–Trinajstić information content (AvgIpc) is 2.44. The quantitative estimate of drug-likeness (QED) is 0.879. The third kappa shape index (κ3) is 3.31. The maximum atomic E-state index is 14.0. The number of hydrogen-bond acceptors (Lipinski definition) is 3. The molecule has 1 fully saturated rings. The zero-order chi connectivity index (χ0) is 14.8. The largest absolute Gasteiger partial charge is 0.388 e. The molecular formula is C15H18BrFN2O. The van der Waals surface area contributed by atoms with E-state index in [9.17, 15) is 9.50 Å². The Hall–Kier alpha value is -1.12. The number of aliphatic hydroxyl groups is 1. The predicted molar refractivity (Wildman–Crippen MR) is 79.9 cm³/mol. The summed E-state index contributed by atoms with van der Waals surface area (Å²) >= 11 is 3.08. The summed E-state index contributed by atoms with van der Waals surface area (Å²) in [6.45, 7) is 2.51. The van der Waals surface area contributed by atoms with Crippen molar-refractivity contribution in [3.63, 3.8) is 0 Å². The van der Waals surface area contributed by atoms with Gasteiger partial charge in [-0.1, -0.05) is 6.92 Å². The molecule has 0 heterocycles. The monoisotopic (exact) mass is 340 g/mol. The summed E-state index contributed by atoms with van der Waals surface area (Å²) in [5, 5.41) is 22.3. The lowest BCUT2D eigenvalue weighted by atomic mass is 9.79. The molecule has 108 valence electrons. The van der Waals surface area contributed by atoms with Gasteiger partial charge < -0.3 is 10.4 Å². The molecule has 0 aliphatic heterocycles. The van der Waals surface area contributed by atoms with Crippen molar-refractivity contribution < 1.29 is 9.50 Å². The lowest BCUT2D eigenvalue weighted by Gasteiger charge is -2.35. The number of nitrogens with one attached hydrogen (secondary N) is 1. The predicted octanol–water partition coefficient (Wildman–Crippen LogP) is 3.81. The second kappa shape index (κ2) is 6.11. The highest BCUT2D eigenvalue weighted by atomic mass is 79.9. The van der Waals surface area contributed by atoms with Gasteiger partial charge in [-0.05, 0) is 59.7 Å². The molecule has 1 aromatic carbocycles. The summed E-state index contributed by atoms with van der Waals surface area (Å²) in [5.41, 5.74) is -0.194. The third-order valence-electron chi connectivity index (χ3n) is 4.02. The van der Waals surface area contributed by atoms with Crippen molar-refractivity contribution in [2.75, 3.05) is 11.9 Å². The second-order valence-electron chi connectivity index (χ2n) is 5.66. The fourth-order valence-electron chi connectivity index (χ4n) is 2.51. The van der Waals surface area contributed by atoms with E-state index >= 15 is 0 Å². The van der Waals surface area contributed by atoms with Gasteiger partial charge in [-0.2, -0.15) is 5.26 Å². The maximum absolute atomic E-state index is 14.0. The van der Waals surface area contributed by atoms with Crippen LogP contribution in [0.4, 0.5) is 10.1 Å². The molecule has 0 bridgehead atoms. The van der Waals surface area contributed by atoms with Gasteiger partial charge in [-0.3, -0.25) is 0 Å². The Balaban J connectivity index is 2.05. The maximum Gasteiger partial charge on any atom is 0.161 e. The zero-order valence-electron chi connectivity index (χ0n) is 11.4. The minimum atomic E-state index is -0.765. The Bertz CT molecular complexity index is 533. The molecule has 1 aromatic rings. The second-order valence-corrected chi connectivity index (χ2v) is 6.45. The highest BCUT2D eigenvalue weighted by molar-refractivity contribution is 9.10. The van der Waals surface area contributed by atoms with E-state index in [2.05, 4.69) is 28.2 Å². The third-order valence-corrected chi connectivity index (χ3v) is 4.79. The van der Waals surface area contributed by atoms with Crippen molar-refractivity contribution in [1.82, 2.24) is 0 Å². The van der Waals surface area contributed by atoms with Crippen molar-refractivity contribution in [3.05, 3.63) is 28.0 Å². The van der Waals surface area contributed by atoms with E-state index < -0.39 is 11.4 Å². The van der Waals surface area contributed by atoms with Gasteiger partial charge >= 0.3 is 0 Å². The van der Waals surface area contributed by atoms with Crippen LogP contribution in [0.5, 0.6) is 0 Å². The first-order valence-electron chi connectivity index (χ1n) is 6.79. The highest BCUT2D eigenvalue weighted by Gasteiger charge is 2.31. The lowest BCUT2D eigenvalue weighted by Crippen LogP contribution is -2.40. The standard InChI is InChI=1S/C15H18BrFN2O/c1-10-4-6-15(20,7-5-10)9-19-12-3-2-11(8-18)13(16)14(12)17/h2-3,10,19-20H,4-7,9H2,1H3. The minimum Gasteiger partial charge on any atom is -0.388 e. The van der Waals surface area contributed by atoms with Gasteiger partial charge in [0.25, 0.3) is 0 Å². The van der Waals surface area contributed by atoms with Crippen molar-refractivity contribution >= 4 is 21.6 Å². The summed E-state index contributed by atoms with van der Waals surface area (Å²) in [6.07, 6.45) is 3.47. The van der Waals surface area contributed by atoms with Gasteiger partial charge in [0.15, 0.2) is 5.82 Å². The van der Waals surface area contributed by atoms with Gasteiger partial charge in [-0.25, -0.2) is 4.39 Å². The van der Waals surface area contributed by atoms with Crippen molar-refractivity contribution in [3.8, 4) is 6.07 Å². The molecule has 2 rings (SSSR count). The number of nitrogens with zero attached hydrogens (tertiary/aromatic N) is 1. The Morgan fingerprint density at radius 2 is 2.15 bits per heavy atom. The van der Waals surface area contributed by atoms with Crippen LogP contribution in [0.25, 0.3) is 0 Å². The molecule has 0 saturated heterocycles. The van der Waals surface area contributed by atoms with E-state index in [-0.39, 0.29) is 10.0 Å². The summed E-state index contributed by atoms with van der Waals surface area (Å²) in [6, 6.07) is 5.01. The van der Waals surface area contributed by atoms with Crippen molar-refractivity contribution in [1.29, 1.82) is 5.26 Å². The number of rotatable bonds is 3. The Morgan fingerprint density at radius 3 is 2.75 bits per heavy atom. The fourth-order valence-corrected chi connectivity index (χ4v) is 2.94. The van der Waals surface area contributed by atoms with Crippen molar-refractivity contribution in [2.24, 2.45) is 5.92 Å². The highest BCUT2D eigenvalue weighted by Crippen LogP contribution is 2.33. The van der Waals surface area contributed by atoms with Gasteiger partial charge in [0.1, 0.15) is 6.07 Å². The molecule has 1 aliphatic carbocycles. The van der Waals surface area contributed by atoms with Crippen LogP contribution in [0.1, 0.15) is 38.2 Å². The molecule has 0 amide bonds. The number of benzene rings is 1.